The van der Waals surface area contributed by atoms with E-state index in [-0.39, 0.29) is 5.69 Å². The van der Waals surface area contributed by atoms with Gasteiger partial charge < -0.3 is 15.4 Å². The summed E-state index contributed by atoms with van der Waals surface area (Å²) in [5.74, 6) is 0.759. The molecule has 0 aromatic heterocycles. The predicted molar refractivity (Wildman–Crippen MR) is 85.9 cm³/mol. The summed E-state index contributed by atoms with van der Waals surface area (Å²) in [5.41, 5.74) is 1.52. The zero-order valence-corrected chi connectivity index (χ0v) is 12.0. The highest BCUT2D eigenvalue weighted by Crippen LogP contribution is 2.17. The van der Waals surface area contributed by atoms with E-state index in [2.05, 4.69) is 10.6 Å². The SMILES string of the molecule is COc1ccc(NC(=S)Nc2ccc([N+](=O)[O-])cc2)cc1. The summed E-state index contributed by atoms with van der Waals surface area (Å²) in [6.45, 7) is 0. The highest BCUT2D eigenvalue weighted by Gasteiger charge is 2.05. The average Bonchev–Trinajstić information content (AvgIpc) is 2.48. The fraction of sp³-hybridized carbons (Fsp3) is 0.0714. The van der Waals surface area contributed by atoms with E-state index in [1.165, 1.54) is 12.1 Å². The van der Waals surface area contributed by atoms with Crippen molar-refractivity contribution >= 4 is 34.4 Å². The summed E-state index contributed by atoms with van der Waals surface area (Å²) in [4.78, 5) is 10.1. The molecule has 0 fully saturated rings. The van der Waals surface area contributed by atoms with Crippen LogP contribution in [0.3, 0.4) is 0 Å². The Bertz CT molecular complexity index is 642. The zero-order chi connectivity index (χ0) is 15.2. The second kappa shape index (κ2) is 6.67. The molecule has 0 spiro atoms. The van der Waals surface area contributed by atoms with E-state index >= 15 is 0 Å². The van der Waals surface area contributed by atoms with E-state index < -0.39 is 4.92 Å². The second-order valence-corrected chi connectivity index (χ2v) is 4.52. The topological polar surface area (TPSA) is 76.4 Å². The minimum absolute atomic E-state index is 0.0366. The van der Waals surface area contributed by atoms with Crippen molar-refractivity contribution in [2.24, 2.45) is 0 Å². The Morgan fingerprint density at radius 2 is 1.52 bits per heavy atom. The molecule has 6 nitrogen and oxygen atoms in total. The van der Waals surface area contributed by atoms with Crippen molar-refractivity contribution < 1.29 is 9.66 Å². The molecule has 0 saturated heterocycles. The minimum atomic E-state index is -0.447. The first-order valence-electron chi connectivity index (χ1n) is 6.05. The quantitative estimate of drug-likeness (QED) is 0.512. The van der Waals surface area contributed by atoms with Crippen molar-refractivity contribution in [1.29, 1.82) is 0 Å². The third kappa shape index (κ3) is 4.15. The molecule has 0 aliphatic heterocycles. The van der Waals surface area contributed by atoms with Crippen molar-refractivity contribution in [1.82, 2.24) is 0 Å². The van der Waals surface area contributed by atoms with Crippen LogP contribution in [0.5, 0.6) is 5.75 Å². The van der Waals surface area contributed by atoms with E-state index in [1.54, 1.807) is 19.2 Å². The van der Waals surface area contributed by atoms with Gasteiger partial charge in [-0.2, -0.15) is 0 Å². The number of anilines is 2. The number of hydrogen-bond acceptors (Lipinski definition) is 4. The molecule has 0 radical (unpaired) electrons. The van der Waals surface area contributed by atoms with Gasteiger partial charge in [-0.15, -0.1) is 0 Å². The smallest absolute Gasteiger partial charge is 0.269 e. The lowest BCUT2D eigenvalue weighted by atomic mass is 10.3. The molecule has 0 unspecified atom stereocenters. The highest BCUT2D eigenvalue weighted by molar-refractivity contribution is 7.80. The molecule has 2 N–H and O–H groups in total. The van der Waals surface area contributed by atoms with Gasteiger partial charge in [0.15, 0.2) is 5.11 Å². The Kier molecular flexibility index (Phi) is 4.68. The second-order valence-electron chi connectivity index (χ2n) is 4.11. The Hall–Kier alpha value is -2.67. The first kappa shape index (κ1) is 14.7. The van der Waals surface area contributed by atoms with Crippen molar-refractivity contribution in [3.63, 3.8) is 0 Å². The monoisotopic (exact) mass is 303 g/mol. The summed E-state index contributed by atoms with van der Waals surface area (Å²) in [7, 11) is 1.60. The van der Waals surface area contributed by atoms with E-state index in [9.17, 15) is 10.1 Å². The van der Waals surface area contributed by atoms with Crippen LogP contribution in [0.1, 0.15) is 0 Å². The molecule has 7 heteroatoms. The fourth-order valence-electron chi connectivity index (χ4n) is 1.63. The molecule has 0 aliphatic rings. The summed E-state index contributed by atoms with van der Waals surface area (Å²) in [6.07, 6.45) is 0. The molecule has 0 saturated carbocycles. The number of methoxy groups -OCH3 is 1. The maximum absolute atomic E-state index is 10.6. The molecular formula is C14H13N3O3S. The first-order valence-corrected chi connectivity index (χ1v) is 6.46. The number of nitrogens with one attached hydrogen (secondary N) is 2. The molecule has 2 aromatic carbocycles. The number of ether oxygens (including phenoxy) is 1. The summed E-state index contributed by atoms with van der Waals surface area (Å²) in [6, 6.07) is 13.3. The Morgan fingerprint density at radius 1 is 1.05 bits per heavy atom. The first-order chi connectivity index (χ1) is 10.1. The number of non-ortho nitro benzene ring substituents is 1. The van der Waals surface area contributed by atoms with Crippen LogP contribution in [-0.4, -0.2) is 17.1 Å². The summed E-state index contributed by atoms with van der Waals surface area (Å²) < 4.78 is 5.07. The van der Waals surface area contributed by atoms with E-state index in [1.807, 2.05) is 24.3 Å². The minimum Gasteiger partial charge on any atom is -0.497 e. The Morgan fingerprint density at radius 3 is 1.95 bits per heavy atom. The molecule has 2 aromatic rings. The number of hydrogen-bond donors (Lipinski definition) is 2. The molecule has 0 aliphatic carbocycles. The van der Waals surface area contributed by atoms with Crippen molar-refractivity contribution in [3.8, 4) is 5.75 Å². The number of nitrogens with zero attached hydrogens (tertiary/aromatic N) is 1. The zero-order valence-electron chi connectivity index (χ0n) is 11.2. The number of rotatable bonds is 4. The normalized spacial score (nSPS) is 9.76. The van der Waals surface area contributed by atoms with Crippen LogP contribution in [0.2, 0.25) is 0 Å². The molecule has 0 heterocycles. The van der Waals surface area contributed by atoms with Gasteiger partial charge in [0.2, 0.25) is 0 Å². The summed E-state index contributed by atoms with van der Waals surface area (Å²) in [5, 5.41) is 16.9. The summed E-state index contributed by atoms with van der Waals surface area (Å²) >= 11 is 5.18. The molecular weight excluding hydrogens is 290 g/mol. The van der Waals surface area contributed by atoms with Gasteiger partial charge in [-0.1, -0.05) is 0 Å². The number of benzene rings is 2. The average molecular weight is 303 g/mol. The maximum atomic E-state index is 10.6. The third-order valence-corrected chi connectivity index (χ3v) is 2.89. The molecule has 108 valence electrons. The van der Waals surface area contributed by atoms with Gasteiger partial charge in [0.05, 0.1) is 12.0 Å². The molecule has 0 amide bonds. The fourth-order valence-corrected chi connectivity index (χ4v) is 1.87. The van der Waals surface area contributed by atoms with Crippen molar-refractivity contribution in [2.45, 2.75) is 0 Å². The number of nitro benzene ring substituents is 1. The van der Waals surface area contributed by atoms with E-state index in [0.717, 1.165) is 11.4 Å². The van der Waals surface area contributed by atoms with Crippen LogP contribution in [0.4, 0.5) is 17.1 Å². The molecule has 0 atom stereocenters. The van der Waals surface area contributed by atoms with Crippen molar-refractivity contribution in [3.05, 3.63) is 58.6 Å². The number of nitro groups is 1. The molecule has 0 bridgehead atoms. The highest BCUT2D eigenvalue weighted by atomic mass is 32.1. The Labute approximate surface area is 126 Å². The van der Waals surface area contributed by atoms with Crippen LogP contribution in [0, 0.1) is 10.1 Å². The van der Waals surface area contributed by atoms with Gasteiger partial charge in [0.1, 0.15) is 5.75 Å². The van der Waals surface area contributed by atoms with Gasteiger partial charge in [0, 0.05) is 23.5 Å². The number of thiocarbonyl (C=S) groups is 1. The van der Waals surface area contributed by atoms with Gasteiger partial charge in [-0.25, -0.2) is 0 Å². The van der Waals surface area contributed by atoms with E-state index in [0.29, 0.717) is 10.8 Å². The largest absolute Gasteiger partial charge is 0.497 e. The van der Waals surface area contributed by atoms with Crippen molar-refractivity contribution in [2.75, 3.05) is 17.7 Å². The van der Waals surface area contributed by atoms with Gasteiger partial charge >= 0.3 is 0 Å². The third-order valence-electron chi connectivity index (χ3n) is 2.68. The van der Waals surface area contributed by atoms with Gasteiger partial charge in [-0.3, -0.25) is 10.1 Å². The lowest BCUT2D eigenvalue weighted by Crippen LogP contribution is -2.18. The standard InChI is InChI=1S/C14H13N3O3S/c1-20-13-8-4-11(5-9-13)16-14(21)15-10-2-6-12(7-3-10)17(18)19/h2-9H,1H3,(H2,15,16,21). The lowest BCUT2D eigenvalue weighted by molar-refractivity contribution is -0.384. The van der Waals surface area contributed by atoms with Crippen LogP contribution >= 0.6 is 12.2 Å². The Balaban J connectivity index is 1.95. The van der Waals surface area contributed by atoms with Gasteiger partial charge in [0.25, 0.3) is 5.69 Å². The van der Waals surface area contributed by atoms with Crippen LogP contribution in [0.25, 0.3) is 0 Å². The predicted octanol–water partition coefficient (Wildman–Crippen LogP) is 3.41. The van der Waals surface area contributed by atoms with Crippen LogP contribution in [-0.2, 0) is 0 Å². The molecule has 2 rings (SSSR count). The maximum Gasteiger partial charge on any atom is 0.269 e. The van der Waals surface area contributed by atoms with E-state index in [4.69, 9.17) is 17.0 Å². The van der Waals surface area contributed by atoms with Crippen LogP contribution < -0.4 is 15.4 Å². The molecule has 21 heavy (non-hydrogen) atoms. The van der Waals surface area contributed by atoms with Crippen LogP contribution in [0.15, 0.2) is 48.5 Å². The van der Waals surface area contributed by atoms with Gasteiger partial charge in [-0.05, 0) is 48.6 Å². The lowest BCUT2D eigenvalue weighted by Gasteiger charge is -2.10.